The van der Waals surface area contributed by atoms with Crippen LogP contribution in [-0.4, -0.2) is 57.8 Å². The van der Waals surface area contributed by atoms with Crippen LogP contribution in [0.15, 0.2) is 35.2 Å². The van der Waals surface area contributed by atoms with Gasteiger partial charge in [-0.3, -0.25) is 0 Å². The Morgan fingerprint density at radius 2 is 1.89 bits per heavy atom. The van der Waals surface area contributed by atoms with E-state index in [1.807, 2.05) is 26.0 Å². The standard InChI is InChI=1S/C18H25N5O3S/c1-14-4-3-5-16(12-14)27(24,25)20-7-6-19-17-13-18(22-15(2)21-17)23-8-10-26-11-9-23/h3-5,12-13,20H,6-11H2,1-2H3,(H,19,21,22). The summed E-state index contributed by atoms with van der Waals surface area (Å²) in [6.07, 6.45) is 0. The molecule has 27 heavy (non-hydrogen) atoms. The van der Waals surface area contributed by atoms with Crippen LogP contribution in [-0.2, 0) is 14.8 Å². The summed E-state index contributed by atoms with van der Waals surface area (Å²) in [6.45, 7) is 7.35. The van der Waals surface area contributed by atoms with Crippen molar-refractivity contribution in [1.82, 2.24) is 14.7 Å². The zero-order valence-corrected chi connectivity index (χ0v) is 16.4. The highest BCUT2D eigenvalue weighted by Crippen LogP contribution is 2.17. The number of benzene rings is 1. The normalized spacial score (nSPS) is 15.0. The molecule has 1 aliphatic heterocycles. The third kappa shape index (κ3) is 5.38. The average Bonchev–Trinajstić information content (AvgIpc) is 2.66. The van der Waals surface area contributed by atoms with Crippen molar-refractivity contribution in [3.8, 4) is 0 Å². The molecule has 2 N–H and O–H groups in total. The Morgan fingerprint density at radius 3 is 2.63 bits per heavy atom. The van der Waals surface area contributed by atoms with Crippen molar-refractivity contribution >= 4 is 21.7 Å². The van der Waals surface area contributed by atoms with E-state index in [1.165, 1.54) is 0 Å². The van der Waals surface area contributed by atoms with E-state index >= 15 is 0 Å². The van der Waals surface area contributed by atoms with E-state index in [2.05, 4.69) is 24.9 Å². The third-order valence-corrected chi connectivity index (χ3v) is 5.64. The first-order chi connectivity index (χ1) is 12.9. The molecule has 0 unspecified atom stereocenters. The maximum atomic E-state index is 12.3. The van der Waals surface area contributed by atoms with E-state index in [9.17, 15) is 8.42 Å². The van der Waals surface area contributed by atoms with Gasteiger partial charge in [0.15, 0.2) is 0 Å². The monoisotopic (exact) mass is 391 g/mol. The SMILES string of the molecule is Cc1cccc(S(=O)(=O)NCCNc2cc(N3CCOCC3)nc(C)n2)c1. The van der Waals surface area contributed by atoms with Gasteiger partial charge in [0, 0.05) is 32.2 Å². The van der Waals surface area contributed by atoms with E-state index in [0.717, 1.165) is 24.5 Å². The maximum absolute atomic E-state index is 12.3. The minimum absolute atomic E-state index is 0.256. The lowest BCUT2D eigenvalue weighted by atomic mass is 10.2. The Bertz CT molecular complexity index is 882. The van der Waals surface area contributed by atoms with Crippen LogP contribution in [0.3, 0.4) is 0 Å². The molecule has 1 saturated heterocycles. The molecule has 8 nitrogen and oxygen atoms in total. The zero-order chi connectivity index (χ0) is 19.3. The number of aromatic nitrogens is 2. The van der Waals surface area contributed by atoms with Crippen LogP contribution in [0.25, 0.3) is 0 Å². The lowest BCUT2D eigenvalue weighted by molar-refractivity contribution is 0.122. The molecule has 3 rings (SSSR count). The first kappa shape index (κ1) is 19.5. The molecular weight excluding hydrogens is 366 g/mol. The number of rotatable bonds is 7. The molecule has 0 aliphatic carbocycles. The summed E-state index contributed by atoms with van der Waals surface area (Å²) in [4.78, 5) is 11.3. The number of nitrogens with zero attached hydrogens (tertiary/aromatic N) is 3. The van der Waals surface area contributed by atoms with E-state index in [1.54, 1.807) is 18.2 Å². The number of morpholine rings is 1. The number of anilines is 2. The Balaban J connectivity index is 1.56. The Kier molecular flexibility index (Phi) is 6.25. The van der Waals surface area contributed by atoms with Crippen LogP contribution in [0.2, 0.25) is 0 Å². The number of sulfonamides is 1. The van der Waals surface area contributed by atoms with Gasteiger partial charge in [0.05, 0.1) is 18.1 Å². The highest BCUT2D eigenvalue weighted by atomic mass is 32.2. The largest absolute Gasteiger partial charge is 0.378 e. The van der Waals surface area contributed by atoms with Crippen LogP contribution >= 0.6 is 0 Å². The summed E-state index contributed by atoms with van der Waals surface area (Å²) in [5.41, 5.74) is 0.906. The molecule has 1 aromatic heterocycles. The predicted octanol–water partition coefficient (Wildman–Crippen LogP) is 1.32. The highest BCUT2D eigenvalue weighted by Gasteiger charge is 2.15. The van der Waals surface area contributed by atoms with Crippen molar-refractivity contribution in [2.24, 2.45) is 0 Å². The quantitative estimate of drug-likeness (QED) is 0.687. The van der Waals surface area contributed by atoms with E-state index in [4.69, 9.17) is 4.74 Å². The number of nitrogens with one attached hydrogen (secondary N) is 2. The molecule has 0 amide bonds. The molecule has 1 aromatic carbocycles. The molecular formula is C18H25N5O3S. The molecule has 2 heterocycles. The molecule has 9 heteroatoms. The molecule has 2 aromatic rings. The van der Waals surface area contributed by atoms with Crippen molar-refractivity contribution < 1.29 is 13.2 Å². The van der Waals surface area contributed by atoms with E-state index in [0.29, 0.717) is 31.4 Å². The highest BCUT2D eigenvalue weighted by molar-refractivity contribution is 7.89. The fourth-order valence-electron chi connectivity index (χ4n) is 2.84. The van der Waals surface area contributed by atoms with E-state index in [-0.39, 0.29) is 11.4 Å². The molecule has 0 saturated carbocycles. The van der Waals surface area contributed by atoms with Crippen molar-refractivity contribution in [2.75, 3.05) is 49.6 Å². The van der Waals surface area contributed by atoms with Gasteiger partial charge in [0.25, 0.3) is 0 Å². The predicted molar refractivity (Wildman–Crippen MR) is 105 cm³/mol. The molecule has 0 atom stereocenters. The van der Waals surface area contributed by atoms with Crippen LogP contribution in [0, 0.1) is 13.8 Å². The van der Waals surface area contributed by atoms with Crippen molar-refractivity contribution in [1.29, 1.82) is 0 Å². The average molecular weight is 391 g/mol. The number of ether oxygens (including phenoxy) is 1. The van der Waals surface area contributed by atoms with Gasteiger partial charge in [0.1, 0.15) is 17.5 Å². The van der Waals surface area contributed by atoms with Gasteiger partial charge >= 0.3 is 0 Å². The van der Waals surface area contributed by atoms with Gasteiger partial charge in [-0.1, -0.05) is 12.1 Å². The fraction of sp³-hybridized carbons (Fsp3) is 0.444. The van der Waals surface area contributed by atoms with Crippen molar-refractivity contribution in [3.63, 3.8) is 0 Å². The lowest BCUT2D eigenvalue weighted by Crippen LogP contribution is -2.37. The summed E-state index contributed by atoms with van der Waals surface area (Å²) in [5, 5.41) is 3.16. The van der Waals surface area contributed by atoms with Crippen molar-refractivity contribution in [2.45, 2.75) is 18.7 Å². The van der Waals surface area contributed by atoms with E-state index < -0.39 is 10.0 Å². The fourth-order valence-corrected chi connectivity index (χ4v) is 3.97. The van der Waals surface area contributed by atoms with Crippen LogP contribution in [0.1, 0.15) is 11.4 Å². The van der Waals surface area contributed by atoms with Crippen LogP contribution in [0.5, 0.6) is 0 Å². The second-order valence-electron chi connectivity index (χ2n) is 6.40. The van der Waals surface area contributed by atoms with Crippen LogP contribution in [0.4, 0.5) is 11.6 Å². The second-order valence-corrected chi connectivity index (χ2v) is 8.17. The minimum atomic E-state index is -3.52. The van der Waals surface area contributed by atoms with Gasteiger partial charge in [-0.15, -0.1) is 0 Å². The summed E-state index contributed by atoms with van der Waals surface area (Å²) < 4.78 is 32.6. The van der Waals surface area contributed by atoms with Crippen molar-refractivity contribution in [3.05, 3.63) is 41.7 Å². The smallest absolute Gasteiger partial charge is 0.240 e. The number of hydrogen-bond acceptors (Lipinski definition) is 7. The number of aryl methyl sites for hydroxylation is 2. The first-order valence-electron chi connectivity index (χ1n) is 8.93. The molecule has 1 fully saturated rings. The third-order valence-electron chi connectivity index (χ3n) is 4.18. The Labute approximate surface area is 160 Å². The van der Waals surface area contributed by atoms with Gasteiger partial charge in [-0.25, -0.2) is 23.1 Å². The number of hydrogen-bond donors (Lipinski definition) is 2. The summed E-state index contributed by atoms with van der Waals surface area (Å²) in [5.74, 6) is 2.20. The maximum Gasteiger partial charge on any atom is 0.240 e. The van der Waals surface area contributed by atoms with Gasteiger partial charge in [-0.2, -0.15) is 0 Å². The molecule has 0 bridgehead atoms. The van der Waals surface area contributed by atoms with Crippen LogP contribution < -0.4 is 14.9 Å². The zero-order valence-electron chi connectivity index (χ0n) is 15.6. The second kappa shape index (κ2) is 8.64. The first-order valence-corrected chi connectivity index (χ1v) is 10.4. The van der Waals surface area contributed by atoms with Gasteiger partial charge in [0.2, 0.25) is 10.0 Å². The molecule has 1 aliphatic rings. The molecule has 0 radical (unpaired) electrons. The molecule has 0 spiro atoms. The Morgan fingerprint density at radius 1 is 1.11 bits per heavy atom. The van der Waals surface area contributed by atoms with Gasteiger partial charge < -0.3 is 15.0 Å². The summed E-state index contributed by atoms with van der Waals surface area (Å²) in [6, 6.07) is 8.72. The summed E-state index contributed by atoms with van der Waals surface area (Å²) in [7, 11) is -3.52. The van der Waals surface area contributed by atoms with Gasteiger partial charge in [-0.05, 0) is 31.5 Å². The summed E-state index contributed by atoms with van der Waals surface area (Å²) >= 11 is 0. The minimum Gasteiger partial charge on any atom is -0.378 e. The molecule has 146 valence electrons. The topological polar surface area (TPSA) is 96.5 Å². The lowest BCUT2D eigenvalue weighted by Gasteiger charge is -2.28. The Hall–Kier alpha value is -2.23.